The number of hydrogen-bond donors (Lipinski definition) is 1. The smallest absolute Gasteiger partial charge is 0.125 e. The monoisotopic (exact) mass is 252 g/mol. The maximum Gasteiger partial charge on any atom is 0.125 e. The van der Waals surface area contributed by atoms with Crippen molar-refractivity contribution in [3.8, 4) is 0 Å². The molecule has 0 spiro atoms. The standard InChI is InChI=1S/C16H16N2O/c1-2-14(16-7-4-10-19-16)18-15-6-3-5-12-8-9-17-11-13(12)15/h3-11,14,18H,2H2,1H3. The first kappa shape index (κ1) is 11.8. The van der Waals surface area contributed by atoms with Crippen LogP contribution >= 0.6 is 0 Å². The van der Waals surface area contributed by atoms with E-state index in [9.17, 15) is 0 Å². The van der Waals surface area contributed by atoms with Gasteiger partial charge in [-0.3, -0.25) is 4.98 Å². The summed E-state index contributed by atoms with van der Waals surface area (Å²) in [5.74, 6) is 0.961. The van der Waals surface area contributed by atoms with Crippen LogP contribution in [0.3, 0.4) is 0 Å². The van der Waals surface area contributed by atoms with Gasteiger partial charge in [-0.15, -0.1) is 0 Å². The van der Waals surface area contributed by atoms with Gasteiger partial charge in [0.15, 0.2) is 0 Å². The lowest BCUT2D eigenvalue weighted by atomic mass is 10.1. The largest absolute Gasteiger partial charge is 0.467 e. The summed E-state index contributed by atoms with van der Waals surface area (Å²) >= 11 is 0. The number of nitrogens with one attached hydrogen (secondary N) is 1. The number of rotatable bonds is 4. The minimum atomic E-state index is 0.181. The van der Waals surface area contributed by atoms with E-state index >= 15 is 0 Å². The van der Waals surface area contributed by atoms with Gasteiger partial charge in [0.05, 0.1) is 12.3 Å². The van der Waals surface area contributed by atoms with Crippen LogP contribution in [0, 0.1) is 0 Å². The van der Waals surface area contributed by atoms with E-state index in [1.54, 1.807) is 6.26 Å². The predicted octanol–water partition coefficient (Wildman–Crippen LogP) is 4.39. The molecule has 1 aromatic carbocycles. The summed E-state index contributed by atoms with van der Waals surface area (Å²) in [6.07, 6.45) is 6.39. The molecule has 0 amide bonds. The minimum absolute atomic E-state index is 0.181. The van der Waals surface area contributed by atoms with Gasteiger partial charge in [0.2, 0.25) is 0 Å². The van der Waals surface area contributed by atoms with E-state index in [4.69, 9.17) is 4.42 Å². The molecule has 0 radical (unpaired) electrons. The third-order valence-electron chi connectivity index (χ3n) is 3.31. The molecular formula is C16H16N2O. The van der Waals surface area contributed by atoms with Crippen LogP contribution in [0.15, 0.2) is 59.5 Å². The lowest BCUT2D eigenvalue weighted by molar-refractivity contribution is 0.474. The molecule has 0 saturated heterocycles. The molecule has 0 aliphatic heterocycles. The van der Waals surface area contributed by atoms with Gasteiger partial charge >= 0.3 is 0 Å². The molecule has 2 aromatic heterocycles. The highest BCUT2D eigenvalue weighted by molar-refractivity contribution is 5.93. The Kier molecular flexibility index (Phi) is 3.19. The average molecular weight is 252 g/mol. The van der Waals surface area contributed by atoms with Crippen molar-refractivity contribution in [1.29, 1.82) is 0 Å². The van der Waals surface area contributed by atoms with E-state index in [2.05, 4.69) is 35.4 Å². The van der Waals surface area contributed by atoms with E-state index in [1.807, 2.05) is 30.6 Å². The van der Waals surface area contributed by atoms with Gasteiger partial charge in [0.25, 0.3) is 0 Å². The summed E-state index contributed by atoms with van der Waals surface area (Å²) in [4.78, 5) is 4.21. The second-order valence-electron chi connectivity index (χ2n) is 4.52. The number of anilines is 1. The number of aromatic nitrogens is 1. The quantitative estimate of drug-likeness (QED) is 0.748. The van der Waals surface area contributed by atoms with Gasteiger partial charge < -0.3 is 9.73 Å². The topological polar surface area (TPSA) is 38.1 Å². The van der Waals surface area contributed by atoms with Gasteiger partial charge in [-0.25, -0.2) is 0 Å². The molecule has 1 unspecified atom stereocenters. The molecule has 0 aliphatic carbocycles. The van der Waals surface area contributed by atoms with Crippen LogP contribution in [0.1, 0.15) is 25.1 Å². The number of nitrogens with zero attached hydrogens (tertiary/aromatic N) is 1. The first-order chi connectivity index (χ1) is 9.38. The van der Waals surface area contributed by atoms with E-state index in [-0.39, 0.29) is 6.04 Å². The fraction of sp³-hybridized carbons (Fsp3) is 0.188. The van der Waals surface area contributed by atoms with Crippen LogP contribution in [0.25, 0.3) is 10.8 Å². The van der Waals surface area contributed by atoms with E-state index in [0.29, 0.717) is 0 Å². The molecule has 3 nitrogen and oxygen atoms in total. The Morgan fingerprint density at radius 1 is 1.21 bits per heavy atom. The zero-order chi connectivity index (χ0) is 13.1. The zero-order valence-electron chi connectivity index (χ0n) is 10.8. The highest BCUT2D eigenvalue weighted by Crippen LogP contribution is 2.28. The lowest BCUT2D eigenvalue weighted by Crippen LogP contribution is -2.09. The van der Waals surface area contributed by atoms with E-state index in [0.717, 1.165) is 23.3 Å². The van der Waals surface area contributed by atoms with Gasteiger partial charge in [-0.2, -0.15) is 0 Å². The molecule has 0 bridgehead atoms. The Morgan fingerprint density at radius 3 is 2.95 bits per heavy atom. The maximum atomic E-state index is 5.49. The summed E-state index contributed by atoms with van der Waals surface area (Å²) < 4.78 is 5.49. The van der Waals surface area contributed by atoms with Gasteiger partial charge in [-0.1, -0.05) is 19.1 Å². The van der Waals surface area contributed by atoms with Crippen molar-refractivity contribution in [2.75, 3.05) is 5.32 Å². The van der Waals surface area contributed by atoms with Crippen molar-refractivity contribution in [1.82, 2.24) is 4.98 Å². The summed E-state index contributed by atoms with van der Waals surface area (Å²) in [6.45, 7) is 2.14. The summed E-state index contributed by atoms with van der Waals surface area (Å²) in [5.41, 5.74) is 1.09. The number of hydrogen-bond acceptors (Lipinski definition) is 3. The van der Waals surface area contributed by atoms with Crippen molar-refractivity contribution in [3.05, 3.63) is 60.8 Å². The third-order valence-corrected chi connectivity index (χ3v) is 3.31. The van der Waals surface area contributed by atoms with Crippen LogP contribution in [-0.4, -0.2) is 4.98 Å². The minimum Gasteiger partial charge on any atom is -0.467 e. The Labute approximate surface area is 112 Å². The SMILES string of the molecule is CCC(Nc1cccc2ccncc12)c1ccco1. The second kappa shape index (κ2) is 5.14. The van der Waals surface area contributed by atoms with E-state index in [1.165, 1.54) is 5.39 Å². The molecular weight excluding hydrogens is 236 g/mol. The van der Waals surface area contributed by atoms with Crippen molar-refractivity contribution in [2.24, 2.45) is 0 Å². The Morgan fingerprint density at radius 2 is 2.16 bits per heavy atom. The first-order valence-corrected chi connectivity index (χ1v) is 6.51. The van der Waals surface area contributed by atoms with Gasteiger partial charge in [0, 0.05) is 23.5 Å². The summed E-state index contributed by atoms with van der Waals surface area (Å²) in [7, 11) is 0. The molecule has 0 saturated carbocycles. The molecule has 0 fully saturated rings. The normalized spacial score (nSPS) is 12.5. The van der Waals surface area contributed by atoms with Crippen molar-refractivity contribution >= 4 is 16.5 Å². The fourth-order valence-corrected chi connectivity index (χ4v) is 2.29. The number of benzene rings is 1. The van der Waals surface area contributed by atoms with Crippen LogP contribution in [0.2, 0.25) is 0 Å². The van der Waals surface area contributed by atoms with Crippen molar-refractivity contribution < 1.29 is 4.42 Å². The number of pyridine rings is 1. The third kappa shape index (κ3) is 2.32. The van der Waals surface area contributed by atoms with Crippen molar-refractivity contribution in [2.45, 2.75) is 19.4 Å². The van der Waals surface area contributed by atoms with Crippen LogP contribution < -0.4 is 5.32 Å². The van der Waals surface area contributed by atoms with Gasteiger partial charge in [-0.05, 0) is 36.1 Å². The predicted molar refractivity (Wildman–Crippen MR) is 77.1 cm³/mol. The highest BCUT2D eigenvalue weighted by atomic mass is 16.3. The molecule has 96 valence electrons. The molecule has 1 N–H and O–H groups in total. The maximum absolute atomic E-state index is 5.49. The Balaban J connectivity index is 1.96. The van der Waals surface area contributed by atoms with Crippen molar-refractivity contribution in [3.63, 3.8) is 0 Å². The molecule has 1 atom stereocenters. The van der Waals surface area contributed by atoms with E-state index < -0.39 is 0 Å². The first-order valence-electron chi connectivity index (χ1n) is 6.51. The van der Waals surface area contributed by atoms with Crippen LogP contribution in [0.5, 0.6) is 0 Å². The second-order valence-corrected chi connectivity index (χ2v) is 4.52. The molecule has 0 aliphatic rings. The molecule has 3 aromatic rings. The molecule has 3 rings (SSSR count). The summed E-state index contributed by atoms with van der Waals surface area (Å²) in [5, 5.41) is 5.86. The fourth-order valence-electron chi connectivity index (χ4n) is 2.29. The lowest BCUT2D eigenvalue weighted by Gasteiger charge is -2.17. The number of furan rings is 1. The molecule has 19 heavy (non-hydrogen) atoms. The molecule has 3 heteroatoms. The Bertz CT molecular complexity index is 656. The summed E-state index contributed by atoms with van der Waals surface area (Å²) in [6, 6.07) is 12.4. The van der Waals surface area contributed by atoms with Crippen LogP contribution in [-0.2, 0) is 0 Å². The molecule has 2 heterocycles. The average Bonchev–Trinajstić information content (AvgIpc) is 2.99. The zero-order valence-corrected chi connectivity index (χ0v) is 10.8. The van der Waals surface area contributed by atoms with Gasteiger partial charge in [0.1, 0.15) is 5.76 Å². The number of fused-ring (bicyclic) bond motifs is 1. The highest BCUT2D eigenvalue weighted by Gasteiger charge is 2.12. The Hall–Kier alpha value is -2.29. The van der Waals surface area contributed by atoms with Crippen LogP contribution in [0.4, 0.5) is 5.69 Å².